The standard InChI is InChI=1S/C16H26N4O/c1-12(2)11-18-15-10-13(4-5-14(15)16(17)21)20-8-6-19(3)7-9-20/h4-5,10,12,18H,6-9,11H2,1-3H3,(H2,17,21). The second-order valence-corrected chi connectivity index (χ2v) is 6.16. The second kappa shape index (κ2) is 6.80. The molecule has 5 nitrogen and oxygen atoms in total. The van der Waals surface area contributed by atoms with Gasteiger partial charge in [-0.2, -0.15) is 0 Å². The van der Waals surface area contributed by atoms with Crippen molar-refractivity contribution in [1.82, 2.24) is 4.90 Å². The molecule has 0 aromatic heterocycles. The van der Waals surface area contributed by atoms with E-state index >= 15 is 0 Å². The summed E-state index contributed by atoms with van der Waals surface area (Å²) in [6.07, 6.45) is 0. The third-order valence-electron chi connectivity index (χ3n) is 3.84. The molecule has 1 fully saturated rings. The molecule has 0 radical (unpaired) electrons. The number of anilines is 2. The van der Waals surface area contributed by atoms with Crippen LogP contribution in [0.3, 0.4) is 0 Å². The molecule has 0 aliphatic carbocycles. The Morgan fingerprint density at radius 2 is 1.95 bits per heavy atom. The first-order chi connectivity index (χ1) is 9.97. The minimum Gasteiger partial charge on any atom is -0.384 e. The van der Waals surface area contributed by atoms with Crippen molar-refractivity contribution < 1.29 is 4.79 Å². The van der Waals surface area contributed by atoms with Gasteiger partial charge < -0.3 is 20.9 Å². The van der Waals surface area contributed by atoms with Gasteiger partial charge in [0.2, 0.25) is 0 Å². The third kappa shape index (κ3) is 4.11. The summed E-state index contributed by atoms with van der Waals surface area (Å²) in [5, 5.41) is 3.34. The monoisotopic (exact) mass is 290 g/mol. The molecule has 116 valence electrons. The molecule has 0 bridgehead atoms. The molecule has 1 amide bonds. The minimum absolute atomic E-state index is 0.383. The lowest BCUT2D eigenvalue weighted by Crippen LogP contribution is -2.44. The molecule has 0 atom stereocenters. The first-order valence-corrected chi connectivity index (χ1v) is 7.58. The number of primary amides is 1. The van der Waals surface area contributed by atoms with Gasteiger partial charge in [0.25, 0.3) is 5.91 Å². The van der Waals surface area contributed by atoms with Crippen molar-refractivity contribution >= 4 is 17.3 Å². The topological polar surface area (TPSA) is 61.6 Å². The molecule has 0 saturated carbocycles. The predicted octanol–water partition coefficient (Wildman–Crippen LogP) is 1.61. The Balaban J connectivity index is 2.19. The summed E-state index contributed by atoms with van der Waals surface area (Å²) >= 11 is 0. The van der Waals surface area contributed by atoms with Gasteiger partial charge in [-0.15, -0.1) is 0 Å². The summed E-state index contributed by atoms with van der Waals surface area (Å²) < 4.78 is 0. The first-order valence-electron chi connectivity index (χ1n) is 7.58. The van der Waals surface area contributed by atoms with Gasteiger partial charge >= 0.3 is 0 Å². The second-order valence-electron chi connectivity index (χ2n) is 6.16. The predicted molar refractivity (Wildman–Crippen MR) is 88.0 cm³/mol. The fourth-order valence-electron chi connectivity index (χ4n) is 2.47. The number of nitrogens with one attached hydrogen (secondary N) is 1. The molecule has 2 rings (SSSR count). The van der Waals surface area contributed by atoms with Crippen LogP contribution in [0, 0.1) is 5.92 Å². The number of likely N-dealkylation sites (N-methyl/N-ethyl adjacent to an activating group) is 1. The number of benzene rings is 1. The number of rotatable bonds is 5. The maximum Gasteiger partial charge on any atom is 0.250 e. The van der Waals surface area contributed by atoms with Gasteiger partial charge in [-0.05, 0) is 31.2 Å². The van der Waals surface area contributed by atoms with Gasteiger partial charge in [-0.1, -0.05) is 13.8 Å². The van der Waals surface area contributed by atoms with Gasteiger partial charge in [0.1, 0.15) is 0 Å². The number of nitrogens with zero attached hydrogens (tertiary/aromatic N) is 2. The average Bonchev–Trinajstić information content (AvgIpc) is 2.45. The summed E-state index contributed by atoms with van der Waals surface area (Å²) in [5.74, 6) is 0.129. The number of hydrogen-bond acceptors (Lipinski definition) is 4. The maximum atomic E-state index is 11.6. The molecular weight excluding hydrogens is 264 g/mol. The Kier molecular flexibility index (Phi) is 5.07. The lowest BCUT2D eigenvalue weighted by atomic mass is 10.1. The van der Waals surface area contributed by atoms with Crippen molar-refractivity contribution in [1.29, 1.82) is 0 Å². The van der Waals surface area contributed by atoms with E-state index in [1.54, 1.807) is 0 Å². The molecule has 1 heterocycles. The molecule has 1 aromatic rings. The summed E-state index contributed by atoms with van der Waals surface area (Å²) in [5.41, 5.74) is 8.02. The van der Waals surface area contributed by atoms with E-state index in [4.69, 9.17) is 5.73 Å². The molecule has 1 aliphatic heterocycles. The van der Waals surface area contributed by atoms with E-state index in [1.807, 2.05) is 18.2 Å². The van der Waals surface area contributed by atoms with E-state index in [1.165, 1.54) is 0 Å². The molecule has 0 spiro atoms. The third-order valence-corrected chi connectivity index (χ3v) is 3.84. The molecular formula is C16H26N4O. The van der Waals surface area contributed by atoms with Crippen molar-refractivity contribution in [2.75, 3.05) is 50.0 Å². The minimum atomic E-state index is -0.383. The van der Waals surface area contributed by atoms with Crippen LogP contribution in [0.4, 0.5) is 11.4 Å². The van der Waals surface area contributed by atoms with Crippen LogP contribution in [-0.2, 0) is 0 Å². The van der Waals surface area contributed by atoms with Crippen LogP contribution in [0.15, 0.2) is 18.2 Å². The number of piperazine rings is 1. The average molecular weight is 290 g/mol. The summed E-state index contributed by atoms with van der Waals surface area (Å²) in [4.78, 5) is 16.2. The molecule has 0 unspecified atom stereocenters. The fourth-order valence-corrected chi connectivity index (χ4v) is 2.47. The summed E-state index contributed by atoms with van der Waals surface area (Å²) in [6.45, 7) is 9.25. The van der Waals surface area contributed by atoms with Gasteiger partial charge in [-0.3, -0.25) is 4.79 Å². The SMILES string of the molecule is CC(C)CNc1cc(N2CCN(C)CC2)ccc1C(N)=O. The Morgan fingerprint density at radius 1 is 1.29 bits per heavy atom. The Hall–Kier alpha value is -1.75. The Morgan fingerprint density at radius 3 is 2.52 bits per heavy atom. The van der Waals surface area contributed by atoms with Crippen LogP contribution in [0.25, 0.3) is 0 Å². The molecule has 5 heteroatoms. The van der Waals surface area contributed by atoms with E-state index in [-0.39, 0.29) is 5.91 Å². The summed E-state index contributed by atoms with van der Waals surface area (Å²) in [6, 6.07) is 5.87. The van der Waals surface area contributed by atoms with Crippen LogP contribution < -0.4 is 16.0 Å². The van der Waals surface area contributed by atoms with Crippen molar-refractivity contribution in [2.45, 2.75) is 13.8 Å². The van der Waals surface area contributed by atoms with E-state index < -0.39 is 0 Å². The van der Waals surface area contributed by atoms with E-state index in [0.29, 0.717) is 11.5 Å². The van der Waals surface area contributed by atoms with Crippen molar-refractivity contribution in [3.63, 3.8) is 0 Å². The van der Waals surface area contributed by atoms with Crippen molar-refractivity contribution in [2.24, 2.45) is 11.7 Å². The Labute approximate surface area is 127 Å². The molecule has 21 heavy (non-hydrogen) atoms. The molecule has 1 saturated heterocycles. The zero-order valence-electron chi connectivity index (χ0n) is 13.2. The van der Waals surface area contributed by atoms with Gasteiger partial charge in [0.15, 0.2) is 0 Å². The van der Waals surface area contributed by atoms with Crippen LogP contribution in [0.5, 0.6) is 0 Å². The highest BCUT2D eigenvalue weighted by molar-refractivity contribution is 5.99. The van der Waals surface area contributed by atoms with Crippen molar-refractivity contribution in [3.8, 4) is 0 Å². The molecule has 1 aromatic carbocycles. The molecule has 3 N–H and O–H groups in total. The van der Waals surface area contributed by atoms with Crippen LogP contribution in [0.1, 0.15) is 24.2 Å². The number of hydrogen-bond donors (Lipinski definition) is 2. The van der Waals surface area contributed by atoms with Gasteiger partial charge in [0.05, 0.1) is 5.56 Å². The lowest BCUT2D eigenvalue weighted by Gasteiger charge is -2.34. The first kappa shape index (κ1) is 15.6. The van der Waals surface area contributed by atoms with E-state index in [2.05, 4.69) is 36.0 Å². The summed E-state index contributed by atoms with van der Waals surface area (Å²) in [7, 11) is 2.14. The normalized spacial score (nSPS) is 16.3. The van der Waals surface area contributed by atoms with Crippen LogP contribution >= 0.6 is 0 Å². The van der Waals surface area contributed by atoms with E-state index in [9.17, 15) is 4.79 Å². The van der Waals surface area contributed by atoms with E-state index in [0.717, 1.165) is 44.1 Å². The fraction of sp³-hybridized carbons (Fsp3) is 0.562. The number of nitrogens with two attached hydrogens (primary N) is 1. The largest absolute Gasteiger partial charge is 0.384 e. The maximum absolute atomic E-state index is 11.6. The smallest absolute Gasteiger partial charge is 0.250 e. The number of carbonyl (C=O) groups excluding carboxylic acids is 1. The van der Waals surface area contributed by atoms with Gasteiger partial charge in [0, 0.05) is 44.1 Å². The number of carbonyl (C=O) groups is 1. The van der Waals surface area contributed by atoms with Gasteiger partial charge in [-0.25, -0.2) is 0 Å². The zero-order valence-corrected chi connectivity index (χ0v) is 13.2. The highest BCUT2D eigenvalue weighted by atomic mass is 16.1. The quantitative estimate of drug-likeness (QED) is 0.865. The zero-order chi connectivity index (χ0) is 15.4. The number of amides is 1. The van der Waals surface area contributed by atoms with Crippen molar-refractivity contribution in [3.05, 3.63) is 23.8 Å². The van der Waals surface area contributed by atoms with Crippen LogP contribution in [-0.4, -0.2) is 50.6 Å². The van der Waals surface area contributed by atoms with Crippen LogP contribution in [0.2, 0.25) is 0 Å². The molecule has 1 aliphatic rings. The highest BCUT2D eigenvalue weighted by Gasteiger charge is 2.16. The lowest BCUT2D eigenvalue weighted by molar-refractivity contribution is 0.100. The highest BCUT2D eigenvalue weighted by Crippen LogP contribution is 2.25. The Bertz CT molecular complexity index is 493.